The molecule has 0 aliphatic carbocycles. The molecule has 2 heterocycles. The first kappa shape index (κ1) is 64.8. The molecule has 2 amide bonds. The number of hydrazine groups is 1. The smallest absolute Gasteiger partial charge is 0.406 e. The monoisotopic (exact) mass is 1150 g/mol. The molecule has 0 bridgehead atoms. The number of nitriles is 1. The van der Waals surface area contributed by atoms with E-state index in [2.05, 4.69) is 46.0 Å². The predicted molar refractivity (Wildman–Crippen MR) is 319 cm³/mol. The van der Waals surface area contributed by atoms with Crippen LogP contribution in [0.1, 0.15) is 64.5 Å². The van der Waals surface area contributed by atoms with Gasteiger partial charge in [0, 0.05) is 28.1 Å². The molecule has 15 N–H and O–H groups in total. The molecule has 9 aromatic rings. The maximum absolute atomic E-state index is 12.9. The normalized spacial score (nSPS) is 10.0. The number of nitrogens with two attached hydrogens (primary N) is 6. The molecule has 9 rings (SSSR count). The first-order valence-corrected chi connectivity index (χ1v) is 25.0. The minimum atomic E-state index is -4.84. The van der Waals surface area contributed by atoms with Gasteiger partial charge in [-0.2, -0.15) is 24.6 Å². The summed E-state index contributed by atoms with van der Waals surface area (Å²) in [6.07, 6.45) is -3.43. The van der Waals surface area contributed by atoms with Gasteiger partial charge in [-0.1, -0.05) is 108 Å². The molecule has 430 valence electrons. The lowest BCUT2D eigenvalue weighted by atomic mass is 10.1. The van der Waals surface area contributed by atoms with Crippen molar-refractivity contribution in [2.45, 2.75) is 47.9 Å². The third-order valence-corrected chi connectivity index (χ3v) is 11.1. The van der Waals surface area contributed by atoms with Crippen LogP contribution < -0.4 is 55.3 Å². The number of amides is 2. The van der Waals surface area contributed by atoms with Gasteiger partial charge in [-0.05, 0) is 149 Å². The van der Waals surface area contributed by atoms with Crippen molar-refractivity contribution in [3.63, 3.8) is 0 Å². The number of carbonyl (C=O) groups excluding carboxylic acids is 3. The quantitative estimate of drug-likeness (QED) is 0.0123. The Morgan fingerprint density at radius 3 is 1.41 bits per heavy atom. The van der Waals surface area contributed by atoms with Crippen molar-refractivity contribution in [2.24, 2.45) is 22.3 Å². The van der Waals surface area contributed by atoms with Crippen LogP contribution in [0, 0.1) is 53.0 Å². The Labute approximate surface area is 481 Å². The van der Waals surface area contributed by atoms with Gasteiger partial charge < -0.3 is 38.8 Å². The van der Waals surface area contributed by atoms with Gasteiger partial charge in [0.1, 0.15) is 5.75 Å². The van der Waals surface area contributed by atoms with E-state index in [1.54, 1.807) is 74.5 Å². The number of carbonyl (C=O) groups is 3. The van der Waals surface area contributed by atoms with Crippen molar-refractivity contribution in [3.8, 4) is 23.3 Å². The van der Waals surface area contributed by atoms with Crippen LogP contribution in [0.5, 0.6) is 5.75 Å². The maximum Gasteiger partial charge on any atom is 0.573 e. The van der Waals surface area contributed by atoms with Crippen molar-refractivity contribution in [1.29, 1.82) is 5.26 Å². The molecule has 21 nitrogen and oxygen atoms in total. The molecule has 83 heavy (non-hydrogen) atoms. The van der Waals surface area contributed by atoms with Crippen molar-refractivity contribution in [2.75, 3.05) is 33.3 Å². The number of rotatable bonds is 9. The van der Waals surface area contributed by atoms with Gasteiger partial charge in [-0.3, -0.25) is 30.9 Å². The van der Waals surface area contributed by atoms with Crippen LogP contribution in [-0.4, -0.2) is 58.9 Å². The molecule has 0 saturated heterocycles. The van der Waals surface area contributed by atoms with Crippen LogP contribution in [0.25, 0.3) is 11.4 Å². The largest absolute Gasteiger partial charge is 0.573 e. The van der Waals surface area contributed by atoms with E-state index in [4.69, 9.17) is 51.4 Å². The lowest BCUT2D eigenvalue weighted by Crippen LogP contribution is -2.21. The summed E-state index contributed by atoms with van der Waals surface area (Å²) in [4.78, 5) is 47.2. The molecule has 25 heteroatoms. The minimum absolute atomic E-state index is 0.0483. The van der Waals surface area contributed by atoms with Crippen LogP contribution >= 0.6 is 11.6 Å². The van der Waals surface area contributed by atoms with Gasteiger partial charge in [-0.25, -0.2) is 0 Å². The van der Waals surface area contributed by atoms with Crippen LogP contribution in [-0.2, 0) is 0 Å². The molecular formula is C58H61ClF3N17O4. The van der Waals surface area contributed by atoms with E-state index in [1.807, 2.05) is 113 Å². The fraction of sp³-hybridized carbons (Fsp3) is 0.121. The number of hydrogen-bond donors (Lipinski definition) is 9. The molecular weight excluding hydrogens is 1090 g/mol. The summed E-state index contributed by atoms with van der Waals surface area (Å²) in [6, 6.07) is 49.4. The fourth-order valence-corrected chi connectivity index (χ4v) is 6.90. The molecule has 2 aromatic heterocycles. The lowest BCUT2D eigenvalue weighted by molar-refractivity contribution is -0.274. The highest BCUT2D eigenvalue weighted by molar-refractivity contribution is 6.67. The van der Waals surface area contributed by atoms with Crippen LogP contribution in [0.3, 0.4) is 0 Å². The highest BCUT2D eigenvalue weighted by Crippen LogP contribution is 2.26. The summed E-state index contributed by atoms with van der Waals surface area (Å²) in [6.45, 7) is 11.5. The molecule has 7 aromatic carbocycles. The van der Waals surface area contributed by atoms with E-state index in [1.165, 1.54) is 44.4 Å². The van der Waals surface area contributed by atoms with E-state index in [-0.39, 0.29) is 29.5 Å². The molecule has 0 radical (unpaired) electrons. The first-order valence-electron chi connectivity index (χ1n) is 24.6. The van der Waals surface area contributed by atoms with Crippen LogP contribution in [0.15, 0.2) is 175 Å². The number of aryl methyl sites for hydroxylation is 6. The number of hydrogen-bond acceptors (Lipinski definition) is 15. The van der Waals surface area contributed by atoms with Crippen LogP contribution in [0.2, 0.25) is 0 Å². The Kier molecular flexibility index (Phi) is 24.8. The highest BCUT2D eigenvalue weighted by atomic mass is 35.5. The zero-order valence-corrected chi connectivity index (χ0v) is 46.6. The maximum atomic E-state index is 12.9. The number of guanidine groups is 1. The van der Waals surface area contributed by atoms with Gasteiger partial charge in [0.15, 0.2) is 0 Å². The van der Waals surface area contributed by atoms with Crippen molar-refractivity contribution in [3.05, 3.63) is 220 Å². The van der Waals surface area contributed by atoms with E-state index in [0.717, 1.165) is 45.9 Å². The summed E-state index contributed by atoms with van der Waals surface area (Å²) in [5.41, 5.74) is 38.8. The molecule has 0 aliphatic rings. The third-order valence-electron chi connectivity index (χ3n) is 10.9. The van der Waals surface area contributed by atoms with E-state index in [0.29, 0.717) is 22.6 Å². The Bertz CT molecular complexity index is 3600. The fourth-order valence-electron chi connectivity index (χ4n) is 6.69. The Morgan fingerprint density at radius 2 is 1.02 bits per heavy atom. The first-order chi connectivity index (χ1) is 39.4. The number of anilines is 6. The van der Waals surface area contributed by atoms with Gasteiger partial charge >= 0.3 is 6.36 Å². The van der Waals surface area contributed by atoms with Crippen molar-refractivity contribution in [1.82, 2.24) is 29.5 Å². The zero-order valence-electron chi connectivity index (χ0n) is 45.9. The molecule has 0 aliphatic heterocycles. The number of benzene rings is 7. The summed E-state index contributed by atoms with van der Waals surface area (Å²) in [5, 5.41) is 20.7. The summed E-state index contributed by atoms with van der Waals surface area (Å²) in [5.74, 6) is 3.91. The number of halogens is 4. The Balaban J connectivity index is 0.000000254. The standard InChI is InChI=1S/C25H20F3N5O3.C9H11N5.C8H7ClO.C7H10N2.C7H9N.C2H4N4/c1-15-7-3-5-9-19(15)21(34)29-23-31-24(30-22(35)20-10-6-4-8-16(20)2)33(32-23)17-11-13-18(14-12-17)36-25(26,27)28;1-6-2-4-7(5-3-6)14-9(11)12-8(10)13-14;1-6-4-2-3-5-7(6)8(9)10;1-6-2-4-7(9-8)5-3-6;1-6-2-4-7(8)5-3-6;3-1-6-2(4)5/h3-14H,1-2H3,(H2,29,30,31,32,34,35);2-5H,1H3,(H4,10,11,12,13);2-5H,1H3;2-5,9H,8H2,1H3;2-5H,8H2,1H3;(H4,4,5,6). The number of alkyl halides is 3. The lowest BCUT2D eigenvalue weighted by Gasteiger charge is -2.11. The third kappa shape index (κ3) is 22.1. The zero-order chi connectivity index (χ0) is 61.2. The second-order valence-electron chi connectivity index (χ2n) is 17.5. The molecule has 0 atom stereocenters. The average Bonchev–Trinajstić information content (AvgIpc) is 4.19. The summed E-state index contributed by atoms with van der Waals surface area (Å²) in [7, 11) is 0. The van der Waals surface area contributed by atoms with Crippen molar-refractivity contribution >= 4 is 69.8 Å². The molecule has 0 saturated carbocycles. The Hall–Kier alpha value is -10.8. The number of aromatic nitrogens is 6. The number of aliphatic imine (C=N–C) groups is 1. The topological polar surface area (TPSA) is 350 Å². The van der Waals surface area contributed by atoms with Gasteiger partial charge in [0.05, 0.1) is 11.4 Å². The highest BCUT2D eigenvalue weighted by Gasteiger charge is 2.31. The van der Waals surface area contributed by atoms with Gasteiger partial charge in [0.2, 0.25) is 30.0 Å². The van der Waals surface area contributed by atoms with Gasteiger partial charge in [-0.15, -0.1) is 28.4 Å². The number of nitrogens with zero attached hydrogens (tertiary/aromatic N) is 8. The molecule has 0 unspecified atom stereocenters. The van der Waals surface area contributed by atoms with E-state index >= 15 is 0 Å². The molecule has 0 spiro atoms. The number of nitrogens with one attached hydrogen (secondary N) is 3. The Morgan fingerprint density at radius 1 is 0.590 bits per heavy atom. The van der Waals surface area contributed by atoms with E-state index < -0.39 is 29.2 Å². The summed E-state index contributed by atoms with van der Waals surface area (Å²) >= 11 is 5.27. The van der Waals surface area contributed by atoms with E-state index in [9.17, 15) is 27.6 Å². The average molecular weight is 1150 g/mol. The number of ether oxygens (including phenoxy) is 1. The molecule has 0 fully saturated rings. The van der Waals surface area contributed by atoms with Crippen molar-refractivity contribution < 1.29 is 32.3 Å². The summed E-state index contributed by atoms with van der Waals surface area (Å²) < 4.78 is 44.2. The minimum Gasteiger partial charge on any atom is -0.406 e. The predicted octanol–water partition coefficient (Wildman–Crippen LogP) is 10.0. The second-order valence-corrected chi connectivity index (χ2v) is 17.8. The van der Waals surface area contributed by atoms with Crippen LogP contribution in [0.4, 0.5) is 48.3 Å². The SMILES string of the molecule is Cc1ccc(-n2nc(N)nc2N)cc1.Cc1ccc(N)cc1.Cc1ccc(NN)cc1.Cc1ccccc1C(=O)Cl.Cc1ccccc1C(=O)Nc1nc(NC(=O)c2ccccc2C)n(-c2ccc(OC(F)(F)F)cc2)n1.N#CN=C(N)N. The number of nitrogen functional groups attached to an aromatic ring is 4. The second kappa shape index (κ2) is 31.7. The van der Waals surface area contributed by atoms with Gasteiger partial charge in [0.25, 0.3) is 23.0 Å².